The molecule has 0 aromatic rings. The van der Waals surface area contributed by atoms with Gasteiger partial charge in [0.15, 0.2) is 0 Å². The standard InChI is InChI=1S/C9H17NO5.Na/c1-9(2,3)15-8(14)10-5-6(11)4-7(12)13;/h6,11H,4-5H2,1-3H3,(H,10,14)(H,12,13);/q;+1/p-1/t6-;/m0./s1. The maximum Gasteiger partial charge on any atom is 1.00 e. The molecule has 16 heavy (non-hydrogen) atoms. The Morgan fingerprint density at radius 1 is 1.44 bits per heavy atom. The maximum absolute atomic E-state index is 11.0. The van der Waals surface area contributed by atoms with Gasteiger partial charge in [0.2, 0.25) is 0 Å². The van der Waals surface area contributed by atoms with E-state index in [-0.39, 0.29) is 36.1 Å². The number of rotatable bonds is 4. The summed E-state index contributed by atoms with van der Waals surface area (Å²) in [7, 11) is 0. The molecule has 0 fully saturated rings. The van der Waals surface area contributed by atoms with Gasteiger partial charge in [-0.1, -0.05) is 0 Å². The number of aliphatic hydroxyl groups excluding tert-OH is 1. The molecule has 0 aromatic carbocycles. The topological polar surface area (TPSA) is 98.7 Å². The number of aliphatic hydroxyl groups is 1. The number of carboxylic acid groups (broad SMARTS) is 1. The largest absolute Gasteiger partial charge is 1.00 e. The molecular weight excluding hydrogens is 225 g/mol. The molecule has 0 rings (SSSR count). The zero-order chi connectivity index (χ0) is 12.1. The molecule has 0 aromatic heterocycles. The minimum absolute atomic E-state index is 0. The van der Waals surface area contributed by atoms with Crippen molar-refractivity contribution in [1.82, 2.24) is 5.32 Å². The van der Waals surface area contributed by atoms with E-state index in [0.717, 1.165) is 0 Å². The van der Waals surface area contributed by atoms with Gasteiger partial charge < -0.3 is 25.1 Å². The molecule has 88 valence electrons. The molecule has 0 aliphatic rings. The van der Waals surface area contributed by atoms with E-state index >= 15 is 0 Å². The Morgan fingerprint density at radius 3 is 2.31 bits per heavy atom. The molecule has 1 atom stereocenters. The smallest absolute Gasteiger partial charge is 0.550 e. The van der Waals surface area contributed by atoms with Crippen LogP contribution in [0.25, 0.3) is 0 Å². The predicted molar refractivity (Wildman–Crippen MR) is 49.9 cm³/mol. The summed E-state index contributed by atoms with van der Waals surface area (Å²) in [5.41, 5.74) is -0.622. The fourth-order valence-corrected chi connectivity index (χ4v) is 0.780. The van der Waals surface area contributed by atoms with Gasteiger partial charge in [0.1, 0.15) is 5.60 Å². The first-order valence-electron chi connectivity index (χ1n) is 4.55. The van der Waals surface area contributed by atoms with Gasteiger partial charge in [-0.05, 0) is 20.8 Å². The fourth-order valence-electron chi connectivity index (χ4n) is 0.780. The van der Waals surface area contributed by atoms with E-state index in [1.54, 1.807) is 20.8 Å². The van der Waals surface area contributed by atoms with Crippen molar-refractivity contribution in [2.75, 3.05) is 6.54 Å². The molecule has 0 saturated carbocycles. The molecule has 6 nitrogen and oxygen atoms in total. The van der Waals surface area contributed by atoms with Gasteiger partial charge in [-0.25, -0.2) is 4.79 Å². The van der Waals surface area contributed by atoms with E-state index in [9.17, 15) is 14.7 Å². The number of hydrogen-bond donors (Lipinski definition) is 2. The SMILES string of the molecule is CC(C)(C)OC(=O)NC[C@@H](O)CC(=O)[O-].[Na+]. The Kier molecular flexibility index (Phi) is 8.91. The molecule has 7 heteroatoms. The average molecular weight is 241 g/mol. The summed E-state index contributed by atoms with van der Waals surface area (Å²) in [6.07, 6.45) is -2.38. The first-order valence-corrected chi connectivity index (χ1v) is 4.55. The average Bonchev–Trinajstić information content (AvgIpc) is 1.96. The summed E-state index contributed by atoms with van der Waals surface area (Å²) in [6.45, 7) is 4.92. The summed E-state index contributed by atoms with van der Waals surface area (Å²) in [5, 5.41) is 21.4. The van der Waals surface area contributed by atoms with Gasteiger partial charge in [-0.3, -0.25) is 0 Å². The number of aliphatic carboxylic acids is 1. The van der Waals surface area contributed by atoms with Gasteiger partial charge >= 0.3 is 35.7 Å². The zero-order valence-electron chi connectivity index (χ0n) is 10.1. The summed E-state index contributed by atoms with van der Waals surface area (Å²) >= 11 is 0. The number of carbonyl (C=O) groups is 2. The summed E-state index contributed by atoms with van der Waals surface area (Å²) in [4.78, 5) is 21.1. The first kappa shape index (κ1) is 18.1. The van der Waals surface area contributed by atoms with Crippen LogP contribution in [0, 0.1) is 0 Å². The number of carboxylic acids is 1. The summed E-state index contributed by atoms with van der Waals surface area (Å²) in [5.74, 6) is -1.37. The Hall–Kier alpha value is -0.300. The van der Waals surface area contributed by atoms with Crippen LogP contribution in [-0.4, -0.2) is 35.4 Å². The van der Waals surface area contributed by atoms with Gasteiger partial charge in [-0.2, -0.15) is 0 Å². The molecule has 0 aliphatic heterocycles. The van der Waals surface area contributed by atoms with Crippen molar-refractivity contribution >= 4 is 12.1 Å². The Morgan fingerprint density at radius 2 is 1.94 bits per heavy atom. The van der Waals surface area contributed by atoms with Crippen LogP contribution in [0.2, 0.25) is 0 Å². The second-order valence-electron chi connectivity index (χ2n) is 4.11. The quantitative estimate of drug-likeness (QED) is 0.489. The van der Waals surface area contributed by atoms with E-state index < -0.39 is 30.2 Å². The van der Waals surface area contributed by atoms with Crippen molar-refractivity contribution in [3.63, 3.8) is 0 Å². The van der Waals surface area contributed by atoms with Gasteiger partial charge in [-0.15, -0.1) is 0 Å². The Labute approximate surface area is 117 Å². The van der Waals surface area contributed by atoms with Gasteiger partial charge in [0, 0.05) is 18.9 Å². The Bertz CT molecular complexity index is 239. The van der Waals surface area contributed by atoms with Crippen molar-refractivity contribution in [3.05, 3.63) is 0 Å². The minimum atomic E-state index is -1.37. The van der Waals surface area contributed by atoms with Crippen LogP contribution >= 0.6 is 0 Å². The Balaban J connectivity index is 0. The van der Waals surface area contributed by atoms with Crippen LogP contribution in [0.3, 0.4) is 0 Å². The molecular formula is C9H16NNaO5. The molecule has 0 saturated heterocycles. The normalized spacial score (nSPS) is 12.2. The fraction of sp³-hybridized carbons (Fsp3) is 0.778. The molecule has 0 bridgehead atoms. The molecule has 1 amide bonds. The number of hydrogen-bond acceptors (Lipinski definition) is 5. The van der Waals surface area contributed by atoms with Crippen molar-refractivity contribution in [3.8, 4) is 0 Å². The molecule has 0 spiro atoms. The van der Waals surface area contributed by atoms with Crippen molar-refractivity contribution in [1.29, 1.82) is 0 Å². The van der Waals surface area contributed by atoms with Crippen molar-refractivity contribution < 1.29 is 54.1 Å². The van der Waals surface area contributed by atoms with Crippen LogP contribution in [0.5, 0.6) is 0 Å². The van der Waals surface area contributed by atoms with Crippen LogP contribution in [-0.2, 0) is 9.53 Å². The van der Waals surface area contributed by atoms with Crippen LogP contribution < -0.4 is 40.0 Å². The monoisotopic (exact) mass is 241 g/mol. The predicted octanol–water partition coefficient (Wildman–Crippen LogP) is -3.98. The zero-order valence-corrected chi connectivity index (χ0v) is 12.1. The van der Waals surface area contributed by atoms with Crippen LogP contribution in [0.4, 0.5) is 4.79 Å². The number of amides is 1. The second-order valence-corrected chi connectivity index (χ2v) is 4.11. The summed E-state index contributed by atoms with van der Waals surface area (Å²) < 4.78 is 4.87. The van der Waals surface area contributed by atoms with Crippen molar-refractivity contribution in [2.45, 2.75) is 38.9 Å². The number of ether oxygens (including phenoxy) is 1. The van der Waals surface area contributed by atoms with Crippen LogP contribution in [0.15, 0.2) is 0 Å². The summed E-state index contributed by atoms with van der Waals surface area (Å²) in [6, 6.07) is 0. The van der Waals surface area contributed by atoms with E-state index in [1.165, 1.54) is 0 Å². The third-order valence-corrected chi connectivity index (χ3v) is 1.28. The second kappa shape index (κ2) is 7.89. The van der Waals surface area contributed by atoms with E-state index in [1.807, 2.05) is 0 Å². The molecule has 2 N–H and O–H groups in total. The number of nitrogens with one attached hydrogen (secondary N) is 1. The third-order valence-electron chi connectivity index (χ3n) is 1.28. The van der Waals surface area contributed by atoms with E-state index in [4.69, 9.17) is 9.84 Å². The maximum atomic E-state index is 11.0. The first-order chi connectivity index (χ1) is 6.70. The number of carbonyl (C=O) groups excluding carboxylic acids is 2. The number of alkyl carbamates (subject to hydrolysis) is 1. The van der Waals surface area contributed by atoms with Gasteiger partial charge in [0.05, 0.1) is 6.10 Å². The third kappa shape index (κ3) is 11.8. The van der Waals surface area contributed by atoms with Crippen molar-refractivity contribution in [2.24, 2.45) is 0 Å². The minimum Gasteiger partial charge on any atom is -0.550 e. The molecule has 0 heterocycles. The molecule has 0 unspecified atom stereocenters. The van der Waals surface area contributed by atoms with Gasteiger partial charge in [0.25, 0.3) is 0 Å². The molecule has 0 aliphatic carbocycles. The van der Waals surface area contributed by atoms with Crippen LogP contribution in [0.1, 0.15) is 27.2 Å². The molecule has 0 radical (unpaired) electrons. The van der Waals surface area contributed by atoms with E-state index in [0.29, 0.717) is 0 Å². The van der Waals surface area contributed by atoms with E-state index in [2.05, 4.69) is 5.32 Å².